The van der Waals surface area contributed by atoms with Gasteiger partial charge in [0.2, 0.25) is 0 Å². The van der Waals surface area contributed by atoms with Gasteiger partial charge in [-0.15, -0.1) is 17.0 Å². The van der Waals surface area contributed by atoms with Gasteiger partial charge < -0.3 is 5.73 Å². The van der Waals surface area contributed by atoms with Crippen LogP contribution in [0.25, 0.3) is 0 Å². The first-order valence-corrected chi connectivity index (χ1v) is 6.57. The SMILES string of the molecule is Br.CC(C)CCCC(C)CC(C)(C)CCN. The third-order valence-electron chi connectivity index (χ3n) is 3.20. The van der Waals surface area contributed by atoms with E-state index < -0.39 is 0 Å². The van der Waals surface area contributed by atoms with E-state index in [1.165, 1.54) is 25.7 Å². The van der Waals surface area contributed by atoms with E-state index in [4.69, 9.17) is 5.73 Å². The first-order valence-electron chi connectivity index (χ1n) is 6.57. The highest BCUT2D eigenvalue weighted by Crippen LogP contribution is 2.30. The van der Waals surface area contributed by atoms with Gasteiger partial charge >= 0.3 is 0 Å². The molecule has 0 aliphatic carbocycles. The summed E-state index contributed by atoms with van der Waals surface area (Å²) in [5, 5.41) is 0. The molecule has 0 heterocycles. The van der Waals surface area contributed by atoms with Gasteiger partial charge in [-0.25, -0.2) is 0 Å². The van der Waals surface area contributed by atoms with Gasteiger partial charge in [-0.1, -0.05) is 53.9 Å². The van der Waals surface area contributed by atoms with E-state index in [9.17, 15) is 0 Å². The lowest BCUT2D eigenvalue weighted by molar-refractivity contribution is 0.249. The Kier molecular flexibility index (Phi) is 11.1. The lowest BCUT2D eigenvalue weighted by Gasteiger charge is -2.27. The average molecular weight is 294 g/mol. The molecule has 0 aliphatic heterocycles. The maximum absolute atomic E-state index is 5.63. The molecule has 2 heteroatoms. The largest absolute Gasteiger partial charge is 0.330 e. The van der Waals surface area contributed by atoms with Crippen LogP contribution < -0.4 is 5.73 Å². The van der Waals surface area contributed by atoms with E-state index in [1.54, 1.807) is 0 Å². The van der Waals surface area contributed by atoms with E-state index in [0.717, 1.165) is 24.8 Å². The van der Waals surface area contributed by atoms with Crippen LogP contribution in [0.2, 0.25) is 0 Å². The van der Waals surface area contributed by atoms with Crippen molar-refractivity contribution in [2.45, 2.75) is 66.7 Å². The van der Waals surface area contributed by atoms with Crippen LogP contribution in [0, 0.1) is 17.3 Å². The standard InChI is InChI=1S/C14H31N.BrH/c1-12(2)7-6-8-13(3)11-14(4,5)9-10-15;/h12-13H,6-11,15H2,1-5H3;1H. The van der Waals surface area contributed by atoms with E-state index in [1.807, 2.05) is 0 Å². The van der Waals surface area contributed by atoms with Crippen molar-refractivity contribution in [3.05, 3.63) is 0 Å². The van der Waals surface area contributed by atoms with Gasteiger partial charge in [0, 0.05) is 0 Å². The molecule has 1 unspecified atom stereocenters. The molecule has 0 aliphatic rings. The van der Waals surface area contributed by atoms with Crippen molar-refractivity contribution in [1.29, 1.82) is 0 Å². The zero-order valence-corrected chi connectivity index (χ0v) is 13.6. The van der Waals surface area contributed by atoms with Crippen molar-refractivity contribution in [2.75, 3.05) is 6.54 Å². The molecule has 0 saturated carbocycles. The van der Waals surface area contributed by atoms with E-state index in [2.05, 4.69) is 34.6 Å². The minimum Gasteiger partial charge on any atom is -0.330 e. The third-order valence-corrected chi connectivity index (χ3v) is 3.20. The molecule has 16 heavy (non-hydrogen) atoms. The highest BCUT2D eigenvalue weighted by Gasteiger charge is 2.19. The Morgan fingerprint density at radius 1 is 1.06 bits per heavy atom. The van der Waals surface area contributed by atoms with Crippen molar-refractivity contribution in [3.8, 4) is 0 Å². The van der Waals surface area contributed by atoms with Gasteiger partial charge in [-0.3, -0.25) is 0 Å². The second-order valence-corrected chi connectivity index (χ2v) is 6.34. The second kappa shape index (κ2) is 9.47. The first-order chi connectivity index (χ1) is 6.87. The van der Waals surface area contributed by atoms with Crippen LogP contribution in [-0.2, 0) is 0 Å². The monoisotopic (exact) mass is 293 g/mol. The molecule has 0 amide bonds. The summed E-state index contributed by atoms with van der Waals surface area (Å²) in [5.41, 5.74) is 6.07. The van der Waals surface area contributed by atoms with Gasteiger partial charge in [-0.05, 0) is 36.6 Å². The maximum Gasteiger partial charge on any atom is -0.00722 e. The zero-order valence-electron chi connectivity index (χ0n) is 11.9. The lowest BCUT2D eigenvalue weighted by Crippen LogP contribution is -2.20. The molecule has 0 fully saturated rings. The van der Waals surface area contributed by atoms with Crippen molar-refractivity contribution in [2.24, 2.45) is 23.0 Å². The molecule has 0 aromatic heterocycles. The predicted octanol–water partition coefficient (Wildman–Crippen LogP) is 4.79. The van der Waals surface area contributed by atoms with E-state index in [-0.39, 0.29) is 17.0 Å². The number of hydrogen-bond donors (Lipinski definition) is 1. The maximum atomic E-state index is 5.63. The summed E-state index contributed by atoms with van der Waals surface area (Å²) in [6, 6.07) is 0. The van der Waals surface area contributed by atoms with Gasteiger partial charge in [0.1, 0.15) is 0 Å². The molecule has 1 nitrogen and oxygen atoms in total. The summed E-state index contributed by atoms with van der Waals surface area (Å²) >= 11 is 0. The summed E-state index contributed by atoms with van der Waals surface area (Å²) in [6.07, 6.45) is 6.62. The lowest BCUT2D eigenvalue weighted by atomic mass is 9.79. The Morgan fingerprint density at radius 3 is 2.06 bits per heavy atom. The van der Waals surface area contributed by atoms with Crippen molar-refractivity contribution < 1.29 is 0 Å². The van der Waals surface area contributed by atoms with Crippen molar-refractivity contribution in [3.63, 3.8) is 0 Å². The van der Waals surface area contributed by atoms with E-state index in [0.29, 0.717) is 5.41 Å². The molecular formula is C14H32BrN. The highest BCUT2D eigenvalue weighted by atomic mass is 79.9. The molecule has 0 aromatic carbocycles. The average Bonchev–Trinajstić information content (AvgIpc) is 2.01. The van der Waals surface area contributed by atoms with Crippen molar-refractivity contribution >= 4 is 17.0 Å². The van der Waals surface area contributed by atoms with Crippen LogP contribution in [0.15, 0.2) is 0 Å². The second-order valence-electron chi connectivity index (χ2n) is 6.34. The molecule has 0 aromatic rings. The predicted molar refractivity (Wildman–Crippen MR) is 80.2 cm³/mol. The minimum absolute atomic E-state index is 0. The Labute approximate surface area is 113 Å². The van der Waals surface area contributed by atoms with Gasteiger partial charge in [0.05, 0.1) is 0 Å². The molecule has 2 N–H and O–H groups in total. The summed E-state index contributed by atoms with van der Waals surface area (Å²) in [5.74, 6) is 1.71. The molecule has 0 bridgehead atoms. The summed E-state index contributed by atoms with van der Waals surface area (Å²) in [4.78, 5) is 0. The van der Waals surface area contributed by atoms with Crippen LogP contribution in [0.4, 0.5) is 0 Å². The van der Waals surface area contributed by atoms with Crippen LogP contribution in [-0.4, -0.2) is 6.54 Å². The van der Waals surface area contributed by atoms with Crippen LogP contribution in [0.3, 0.4) is 0 Å². The molecule has 0 spiro atoms. The fourth-order valence-electron chi connectivity index (χ4n) is 2.41. The number of rotatable bonds is 8. The van der Waals surface area contributed by atoms with Crippen LogP contribution >= 0.6 is 17.0 Å². The topological polar surface area (TPSA) is 26.0 Å². The molecular weight excluding hydrogens is 262 g/mol. The van der Waals surface area contributed by atoms with Gasteiger partial charge in [0.15, 0.2) is 0 Å². The normalized spacial score (nSPS) is 13.7. The summed E-state index contributed by atoms with van der Waals surface area (Å²) in [7, 11) is 0. The molecule has 0 radical (unpaired) electrons. The fraction of sp³-hybridized carbons (Fsp3) is 1.00. The number of halogens is 1. The molecule has 1 atom stereocenters. The minimum atomic E-state index is 0. The Balaban J connectivity index is 0. The first kappa shape index (κ1) is 18.8. The van der Waals surface area contributed by atoms with Crippen molar-refractivity contribution in [1.82, 2.24) is 0 Å². The molecule has 100 valence electrons. The number of hydrogen-bond acceptors (Lipinski definition) is 1. The van der Waals surface area contributed by atoms with Crippen LogP contribution in [0.1, 0.15) is 66.7 Å². The Morgan fingerprint density at radius 2 is 1.62 bits per heavy atom. The smallest absolute Gasteiger partial charge is 0.00722 e. The quantitative estimate of drug-likeness (QED) is 0.684. The molecule has 0 rings (SSSR count). The Bertz CT molecular complexity index is 155. The van der Waals surface area contributed by atoms with Crippen LogP contribution in [0.5, 0.6) is 0 Å². The zero-order chi connectivity index (χ0) is 11.9. The highest BCUT2D eigenvalue weighted by molar-refractivity contribution is 8.93. The fourth-order valence-corrected chi connectivity index (χ4v) is 2.41. The van der Waals surface area contributed by atoms with Gasteiger partial charge in [-0.2, -0.15) is 0 Å². The van der Waals surface area contributed by atoms with Gasteiger partial charge in [0.25, 0.3) is 0 Å². The molecule has 0 saturated heterocycles. The summed E-state index contributed by atoms with van der Waals surface area (Å²) < 4.78 is 0. The summed E-state index contributed by atoms with van der Waals surface area (Å²) in [6.45, 7) is 12.5. The van der Waals surface area contributed by atoms with E-state index >= 15 is 0 Å². The Hall–Kier alpha value is 0.440. The number of nitrogens with two attached hydrogens (primary N) is 1. The third kappa shape index (κ3) is 10.9.